The quantitative estimate of drug-likeness (QED) is 0.762. The van der Waals surface area contributed by atoms with E-state index in [9.17, 15) is 4.79 Å². The van der Waals surface area contributed by atoms with E-state index in [1.165, 1.54) is 0 Å². The lowest BCUT2D eigenvalue weighted by Crippen LogP contribution is -2.26. The second-order valence-electron chi connectivity index (χ2n) is 5.04. The molecule has 0 aromatic carbocycles. The van der Waals surface area contributed by atoms with Crippen LogP contribution in [0.3, 0.4) is 0 Å². The lowest BCUT2D eigenvalue weighted by atomic mass is 10.2. The Morgan fingerprint density at radius 3 is 2.85 bits per heavy atom. The molecule has 104 valence electrons. The number of pyridine rings is 1. The minimum atomic E-state index is -0.222. The first-order chi connectivity index (χ1) is 9.75. The van der Waals surface area contributed by atoms with Crippen LogP contribution >= 0.6 is 0 Å². The van der Waals surface area contributed by atoms with Gasteiger partial charge < -0.3 is 11.1 Å². The predicted molar refractivity (Wildman–Crippen MR) is 75.2 cm³/mol. The molecule has 0 saturated heterocycles. The molecule has 3 rings (SSSR count). The van der Waals surface area contributed by atoms with Crippen LogP contribution in [0.15, 0.2) is 24.5 Å². The molecule has 0 bridgehead atoms. The fourth-order valence-electron chi connectivity index (χ4n) is 2.17. The Labute approximate surface area is 116 Å². The van der Waals surface area contributed by atoms with Gasteiger partial charge in [0.2, 0.25) is 0 Å². The SMILES string of the molecule is Nc1c(C(=O)NCCc2ccncc2)n[nH]c1C1CC1. The van der Waals surface area contributed by atoms with E-state index in [1.807, 2.05) is 12.1 Å². The molecule has 2 heterocycles. The minimum absolute atomic E-state index is 0.222. The van der Waals surface area contributed by atoms with E-state index in [4.69, 9.17) is 5.73 Å². The molecular weight excluding hydrogens is 254 g/mol. The maximum Gasteiger partial charge on any atom is 0.273 e. The summed E-state index contributed by atoms with van der Waals surface area (Å²) in [7, 11) is 0. The summed E-state index contributed by atoms with van der Waals surface area (Å²) in [5, 5.41) is 9.75. The van der Waals surface area contributed by atoms with Gasteiger partial charge in [0.05, 0.1) is 11.4 Å². The molecule has 1 aliphatic carbocycles. The molecule has 4 N–H and O–H groups in total. The number of nitrogens with two attached hydrogens (primary N) is 1. The number of amides is 1. The van der Waals surface area contributed by atoms with Gasteiger partial charge in [-0.3, -0.25) is 14.9 Å². The summed E-state index contributed by atoms with van der Waals surface area (Å²) in [6.07, 6.45) is 6.48. The zero-order chi connectivity index (χ0) is 13.9. The summed E-state index contributed by atoms with van der Waals surface area (Å²) in [4.78, 5) is 16.0. The van der Waals surface area contributed by atoms with Crippen LogP contribution in [0.4, 0.5) is 5.69 Å². The molecule has 6 heteroatoms. The van der Waals surface area contributed by atoms with Crippen LogP contribution in [-0.2, 0) is 6.42 Å². The third-order valence-corrected chi connectivity index (χ3v) is 3.48. The van der Waals surface area contributed by atoms with Crippen molar-refractivity contribution in [1.29, 1.82) is 0 Å². The second kappa shape index (κ2) is 5.32. The number of hydrogen-bond acceptors (Lipinski definition) is 4. The number of hydrogen-bond donors (Lipinski definition) is 3. The van der Waals surface area contributed by atoms with Crippen molar-refractivity contribution in [2.45, 2.75) is 25.2 Å². The highest BCUT2D eigenvalue weighted by atomic mass is 16.1. The molecule has 1 amide bonds. The lowest BCUT2D eigenvalue weighted by molar-refractivity contribution is 0.0950. The minimum Gasteiger partial charge on any atom is -0.395 e. The van der Waals surface area contributed by atoms with Crippen LogP contribution in [0.25, 0.3) is 0 Å². The number of nitrogens with zero attached hydrogens (tertiary/aromatic N) is 2. The largest absolute Gasteiger partial charge is 0.395 e. The van der Waals surface area contributed by atoms with Crippen LogP contribution in [-0.4, -0.2) is 27.6 Å². The first-order valence-corrected chi connectivity index (χ1v) is 6.76. The summed E-state index contributed by atoms with van der Waals surface area (Å²) < 4.78 is 0. The number of H-pyrrole nitrogens is 1. The van der Waals surface area contributed by atoms with Crippen LogP contribution in [0.5, 0.6) is 0 Å². The third-order valence-electron chi connectivity index (χ3n) is 3.48. The third kappa shape index (κ3) is 2.64. The van der Waals surface area contributed by atoms with Crippen LogP contribution < -0.4 is 11.1 Å². The van der Waals surface area contributed by atoms with Crippen molar-refractivity contribution in [3.63, 3.8) is 0 Å². The van der Waals surface area contributed by atoms with E-state index in [1.54, 1.807) is 12.4 Å². The summed E-state index contributed by atoms with van der Waals surface area (Å²) in [6.45, 7) is 0.550. The molecule has 0 spiro atoms. The van der Waals surface area contributed by atoms with Gasteiger partial charge in [0.1, 0.15) is 0 Å². The number of carbonyl (C=O) groups is 1. The summed E-state index contributed by atoms with van der Waals surface area (Å²) in [6, 6.07) is 3.86. The molecule has 1 aliphatic rings. The molecule has 0 unspecified atom stereocenters. The van der Waals surface area contributed by atoms with Crippen molar-refractivity contribution in [2.75, 3.05) is 12.3 Å². The Bertz CT molecular complexity index is 603. The van der Waals surface area contributed by atoms with Gasteiger partial charge in [-0.05, 0) is 37.0 Å². The molecule has 2 aromatic rings. The van der Waals surface area contributed by atoms with Gasteiger partial charge in [-0.15, -0.1) is 0 Å². The van der Waals surface area contributed by atoms with Crippen molar-refractivity contribution < 1.29 is 4.79 Å². The Morgan fingerprint density at radius 2 is 2.15 bits per heavy atom. The monoisotopic (exact) mass is 271 g/mol. The van der Waals surface area contributed by atoms with E-state index < -0.39 is 0 Å². The number of rotatable bonds is 5. The average Bonchev–Trinajstić information content (AvgIpc) is 3.23. The van der Waals surface area contributed by atoms with Crippen LogP contribution in [0, 0.1) is 0 Å². The van der Waals surface area contributed by atoms with Crippen molar-refractivity contribution in [3.05, 3.63) is 41.5 Å². The highest BCUT2D eigenvalue weighted by Crippen LogP contribution is 2.42. The first-order valence-electron chi connectivity index (χ1n) is 6.76. The summed E-state index contributed by atoms with van der Waals surface area (Å²) >= 11 is 0. The zero-order valence-electron chi connectivity index (χ0n) is 11.1. The maximum atomic E-state index is 12.0. The molecule has 0 aliphatic heterocycles. The predicted octanol–water partition coefficient (Wildman–Crippen LogP) is 1.24. The van der Waals surface area contributed by atoms with E-state index in [-0.39, 0.29) is 5.91 Å². The fourth-order valence-corrected chi connectivity index (χ4v) is 2.17. The Morgan fingerprint density at radius 1 is 1.40 bits per heavy atom. The topological polar surface area (TPSA) is 96.7 Å². The van der Waals surface area contributed by atoms with Gasteiger partial charge >= 0.3 is 0 Å². The lowest BCUT2D eigenvalue weighted by Gasteiger charge is -2.04. The second-order valence-corrected chi connectivity index (χ2v) is 5.04. The maximum absolute atomic E-state index is 12.0. The molecule has 0 atom stereocenters. The zero-order valence-corrected chi connectivity index (χ0v) is 11.1. The molecule has 1 saturated carbocycles. The van der Waals surface area contributed by atoms with Gasteiger partial charge in [0, 0.05) is 24.9 Å². The van der Waals surface area contributed by atoms with Crippen molar-refractivity contribution in [2.24, 2.45) is 0 Å². The number of aromatic nitrogens is 3. The van der Waals surface area contributed by atoms with E-state index in [0.29, 0.717) is 23.8 Å². The Hall–Kier alpha value is -2.37. The van der Waals surface area contributed by atoms with Gasteiger partial charge in [0.15, 0.2) is 5.69 Å². The van der Waals surface area contributed by atoms with Crippen LogP contribution in [0.2, 0.25) is 0 Å². The Balaban J connectivity index is 1.56. The highest BCUT2D eigenvalue weighted by molar-refractivity contribution is 5.97. The van der Waals surface area contributed by atoms with Gasteiger partial charge in [0.25, 0.3) is 5.91 Å². The smallest absolute Gasteiger partial charge is 0.273 e. The van der Waals surface area contributed by atoms with Crippen molar-refractivity contribution >= 4 is 11.6 Å². The number of carbonyl (C=O) groups excluding carboxylic acids is 1. The fraction of sp³-hybridized carbons (Fsp3) is 0.357. The summed E-state index contributed by atoms with van der Waals surface area (Å²) in [5.74, 6) is 0.237. The first kappa shape index (κ1) is 12.7. The molecule has 20 heavy (non-hydrogen) atoms. The summed E-state index contributed by atoms with van der Waals surface area (Å²) in [5.41, 5.74) is 8.81. The molecule has 1 fully saturated rings. The standard InChI is InChI=1S/C14H17N5O/c15-11-12(10-1-2-10)18-19-13(11)14(20)17-8-5-9-3-6-16-7-4-9/h3-4,6-7,10H,1-2,5,8,15H2,(H,17,20)(H,18,19). The molecule has 6 nitrogen and oxygen atoms in total. The number of anilines is 1. The van der Waals surface area contributed by atoms with E-state index >= 15 is 0 Å². The number of nitrogen functional groups attached to an aromatic ring is 1. The molecule has 0 radical (unpaired) electrons. The highest BCUT2D eigenvalue weighted by Gasteiger charge is 2.30. The van der Waals surface area contributed by atoms with Gasteiger partial charge in [-0.25, -0.2) is 0 Å². The molecular formula is C14H17N5O. The number of aromatic amines is 1. The van der Waals surface area contributed by atoms with Crippen LogP contribution in [0.1, 0.15) is 40.5 Å². The van der Waals surface area contributed by atoms with E-state index in [0.717, 1.165) is 30.5 Å². The van der Waals surface area contributed by atoms with Gasteiger partial charge in [-0.2, -0.15) is 5.10 Å². The van der Waals surface area contributed by atoms with Crippen molar-refractivity contribution in [3.8, 4) is 0 Å². The van der Waals surface area contributed by atoms with Crippen molar-refractivity contribution in [1.82, 2.24) is 20.5 Å². The normalized spacial score (nSPS) is 14.2. The van der Waals surface area contributed by atoms with E-state index in [2.05, 4.69) is 20.5 Å². The molecule has 2 aromatic heterocycles. The van der Waals surface area contributed by atoms with Gasteiger partial charge in [-0.1, -0.05) is 0 Å². The Kier molecular flexibility index (Phi) is 3.37. The number of nitrogens with one attached hydrogen (secondary N) is 2. The average molecular weight is 271 g/mol.